The molecular weight excluding hydrogens is 268 g/mol. The van der Waals surface area contributed by atoms with Crippen molar-refractivity contribution in [1.82, 2.24) is 0 Å². The van der Waals surface area contributed by atoms with Crippen molar-refractivity contribution in [3.05, 3.63) is 24.3 Å². The Bertz CT molecular complexity index is 454. The molecule has 0 N–H and O–H groups in total. The number of hydrogen-bond acceptors (Lipinski definition) is 4. The Morgan fingerprint density at radius 3 is 2.10 bits per heavy atom. The molecule has 0 saturated carbocycles. The second kappa shape index (κ2) is 9.97. The van der Waals surface area contributed by atoms with E-state index in [0.717, 1.165) is 19.3 Å². The molecule has 0 aliphatic rings. The van der Waals surface area contributed by atoms with Crippen LogP contribution >= 0.6 is 0 Å². The van der Waals surface area contributed by atoms with Crippen LogP contribution in [0.2, 0.25) is 0 Å². The maximum atomic E-state index is 11.8. The molecule has 0 saturated heterocycles. The zero-order valence-corrected chi connectivity index (χ0v) is 12.9. The van der Waals surface area contributed by atoms with E-state index in [1.807, 2.05) is 0 Å². The normalized spacial score (nSPS) is 10.2. The van der Waals surface area contributed by atoms with Crippen LogP contribution in [0, 0.1) is 0 Å². The number of hydrogen-bond donors (Lipinski definition) is 0. The standard InChI is InChI=1S/C17H24O4/c1-3-4-5-6-7-8-13-17(19)21-16-12-10-9-11-15(16)20-14(2)18/h9-12H,3-8,13H2,1-2H3. The molecule has 0 radical (unpaired) electrons. The zero-order valence-electron chi connectivity index (χ0n) is 12.9. The van der Waals surface area contributed by atoms with Gasteiger partial charge in [-0.15, -0.1) is 0 Å². The van der Waals surface area contributed by atoms with E-state index in [0.29, 0.717) is 12.2 Å². The Balaban J connectivity index is 2.35. The average Bonchev–Trinajstić information content (AvgIpc) is 2.44. The largest absolute Gasteiger partial charge is 0.423 e. The lowest BCUT2D eigenvalue weighted by Gasteiger charge is -2.09. The van der Waals surface area contributed by atoms with Gasteiger partial charge in [0.1, 0.15) is 0 Å². The number of esters is 2. The van der Waals surface area contributed by atoms with Crippen molar-refractivity contribution in [3.8, 4) is 11.5 Å². The van der Waals surface area contributed by atoms with E-state index in [2.05, 4.69) is 6.92 Å². The molecule has 4 nitrogen and oxygen atoms in total. The van der Waals surface area contributed by atoms with Crippen LogP contribution in [0.4, 0.5) is 0 Å². The van der Waals surface area contributed by atoms with Crippen LogP contribution in [0.1, 0.15) is 58.8 Å². The molecule has 21 heavy (non-hydrogen) atoms. The molecule has 0 amide bonds. The number of carbonyl (C=O) groups is 2. The van der Waals surface area contributed by atoms with Crippen LogP contribution in [-0.4, -0.2) is 11.9 Å². The number of unbranched alkanes of at least 4 members (excludes halogenated alkanes) is 5. The molecule has 0 bridgehead atoms. The van der Waals surface area contributed by atoms with Gasteiger partial charge in [0.2, 0.25) is 0 Å². The summed E-state index contributed by atoms with van der Waals surface area (Å²) in [6, 6.07) is 6.69. The van der Waals surface area contributed by atoms with Gasteiger partial charge in [-0.05, 0) is 18.6 Å². The molecule has 0 fully saturated rings. The molecule has 1 aromatic carbocycles. The first-order valence-electron chi connectivity index (χ1n) is 7.61. The highest BCUT2D eigenvalue weighted by Crippen LogP contribution is 2.27. The van der Waals surface area contributed by atoms with Gasteiger partial charge in [0.15, 0.2) is 11.5 Å². The topological polar surface area (TPSA) is 52.6 Å². The molecule has 0 spiro atoms. The minimum Gasteiger partial charge on any atom is -0.423 e. The Morgan fingerprint density at radius 1 is 0.905 bits per heavy atom. The monoisotopic (exact) mass is 292 g/mol. The van der Waals surface area contributed by atoms with Gasteiger partial charge in [-0.2, -0.15) is 0 Å². The Kier molecular flexibility index (Phi) is 8.17. The number of ether oxygens (including phenoxy) is 2. The first kappa shape index (κ1) is 17.2. The SMILES string of the molecule is CCCCCCCCC(=O)Oc1ccccc1OC(C)=O. The van der Waals surface area contributed by atoms with E-state index in [1.165, 1.54) is 26.2 Å². The summed E-state index contributed by atoms with van der Waals surface area (Å²) >= 11 is 0. The number of para-hydroxylation sites is 2. The van der Waals surface area contributed by atoms with Crippen LogP contribution in [-0.2, 0) is 9.59 Å². The predicted octanol–water partition coefficient (Wildman–Crippen LogP) is 4.27. The van der Waals surface area contributed by atoms with Gasteiger partial charge in [-0.3, -0.25) is 9.59 Å². The van der Waals surface area contributed by atoms with Crippen molar-refractivity contribution in [2.45, 2.75) is 58.8 Å². The molecule has 116 valence electrons. The second-order valence-electron chi connectivity index (χ2n) is 5.03. The molecular formula is C17H24O4. The fourth-order valence-electron chi connectivity index (χ4n) is 2.00. The van der Waals surface area contributed by atoms with Gasteiger partial charge in [-0.1, -0.05) is 51.2 Å². The fraction of sp³-hybridized carbons (Fsp3) is 0.529. The molecule has 0 heterocycles. The van der Waals surface area contributed by atoms with Crippen LogP contribution in [0.25, 0.3) is 0 Å². The maximum Gasteiger partial charge on any atom is 0.311 e. The van der Waals surface area contributed by atoms with E-state index in [4.69, 9.17) is 9.47 Å². The van der Waals surface area contributed by atoms with E-state index in [9.17, 15) is 9.59 Å². The summed E-state index contributed by atoms with van der Waals surface area (Å²) in [7, 11) is 0. The van der Waals surface area contributed by atoms with Crippen molar-refractivity contribution >= 4 is 11.9 Å². The van der Waals surface area contributed by atoms with Crippen molar-refractivity contribution in [3.63, 3.8) is 0 Å². The van der Waals surface area contributed by atoms with Crippen molar-refractivity contribution in [1.29, 1.82) is 0 Å². The number of benzene rings is 1. The van der Waals surface area contributed by atoms with Gasteiger partial charge in [0.25, 0.3) is 0 Å². The molecule has 1 aromatic rings. The van der Waals surface area contributed by atoms with Gasteiger partial charge < -0.3 is 9.47 Å². The average molecular weight is 292 g/mol. The number of carbonyl (C=O) groups excluding carboxylic acids is 2. The lowest BCUT2D eigenvalue weighted by molar-refractivity contribution is -0.136. The van der Waals surface area contributed by atoms with E-state index in [1.54, 1.807) is 24.3 Å². The number of rotatable bonds is 9. The lowest BCUT2D eigenvalue weighted by atomic mass is 10.1. The summed E-state index contributed by atoms with van der Waals surface area (Å²) in [6.45, 7) is 3.49. The first-order chi connectivity index (χ1) is 10.1. The van der Waals surface area contributed by atoms with E-state index >= 15 is 0 Å². The third kappa shape index (κ3) is 7.49. The molecule has 1 rings (SSSR count). The molecule has 0 atom stereocenters. The van der Waals surface area contributed by atoms with Crippen LogP contribution in [0.15, 0.2) is 24.3 Å². The minimum atomic E-state index is -0.436. The van der Waals surface area contributed by atoms with Crippen molar-refractivity contribution < 1.29 is 19.1 Å². The molecule has 0 unspecified atom stereocenters. The van der Waals surface area contributed by atoms with Gasteiger partial charge in [0.05, 0.1) is 0 Å². The highest BCUT2D eigenvalue weighted by molar-refractivity contribution is 5.75. The Hall–Kier alpha value is -1.84. The zero-order chi connectivity index (χ0) is 15.5. The highest BCUT2D eigenvalue weighted by atomic mass is 16.6. The summed E-state index contributed by atoms with van der Waals surface area (Å²) in [5, 5.41) is 0. The molecule has 0 aromatic heterocycles. The third-order valence-corrected chi connectivity index (χ3v) is 3.06. The maximum absolute atomic E-state index is 11.8. The Morgan fingerprint density at radius 2 is 1.48 bits per heavy atom. The van der Waals surface area contributed by atoms with Gasteiger partial charge in [-0.25, -0.2) is 0 Å². The quantitative estimate of drug-likeness (QED) is 0.387. The first-order valence-corrected chi connectivity index (χ1v) is 7.61. The summed E-state index contributed by atoms with van der Waals surface area (Å²) in [6.07, 6.45) is 7.11. The Labute approximate surface area is 126 Å². The minimum absolute atomic E-state index is 0.279. The summed E-state index contributed by atoms with van der Waals surface area (Å²) in [5.74, 6) is -0.149. The third-order valence-electron chi connectivity index (χ3n) is 3.06. The van der Waals surface area contributed by atoms with Crippen molar-refractivity contribution in [2.24, 2.45) is 0 Å². The lowest BCUT2D eigenvalue weighted by Crippen LogP contribution is -2.10. The molecule has 0 aliphatic heterocycles. The van der Waals surface area contributed by atoms with Gasteiger partial charge in [0, 0.05) is 13.3 Å². The fourth-order valence-corrected chi connectivity index (χ4v) is 2.00. The van der Waals surface area contributed by atoms with E-state index in [-0.39, 0.29) is 11.7 Å². The van der Waals surface area contributed by atoms with Crippen molar-refractivity contribution in [2.75, 3.05) is 0 Å². The smallest absolute Gasteiger partial charge is 0.311 e. The summed E-state index contributed by atoms with van der Waals surface area (Å²) < 4.78 is 10.3. The van der Waals surface area contributed by atoms with E-state index < -0.39 is 5.97 Å². The van der Waals surface area contributed by atoms with Crippen LogP contribution in [0.3, 0.4) is 0 Å². The molecule has 4 heteroatoms. The molecule has 0 aliphatic carbocycles. The van der Waals surface area contributed by atoms with Crippen LogP contribution < -0.4 is 9.47 Å². The van der Waals surface area contributed by atoms with Gasteiger partial charge >= 0.3 is 11.9 Å². The summed E-state index contributed by atoms with van der Waals surface area (Å²) in [5.41, 5.74) is 0. The highest BCUT2D eigenvalue weighted by Gasteiger charge is 2.11. The predicted molar refractivity (Wildman–Crippen MR) is 81.4 cm³/mol. The summed E-state index contributed by atoms with van der Waals surface area (Å²) in [4.78, 5) is 22.8. The van der Waals surface area contributed by atoms with Crippen LogP contribution in [0.5, 0.6) is 11.5 Å². The second-order valence-corrected chi connectivity index (χ2v) is 5.03.